The van der Waals surface area contributed by atoms with Crippen molar-refractivity contribution in [3.63, 3.8) is 0 Å². The number of fused-ring (bicyclic) bond motifs is 1. The summed E-state index contributed by atoms with van der Waals surface area (Å²) in [5.41, 5.74) is 5.94. The van der Waals surface area contributed by atoms with E-state index in [0.717, 1.165) is 44.1 Å². The summed E-state index contributed by atoms with van der Waals surface area (Å²) in [5.74, 6) is -0.255. The number of hydrogen-bond acceptors (Lipinski definition) is 5. The zero-order valence-corrected chi connectivity index (χ0v) is 17.9. The topological polar surface area (TPSA) is 82.1 Å². The Bertz CT molecular complexity index is 1290. The molecule has 30 heavy (non-hydrogen) atoms. The summed E-state index contributed by atoms with van der Waals surface area (Å²) in [7, 11) is 1.72. The van der Waals surface area contributed by atoms with Gasteiger partial charge < -0.3 is 15.0 Å². The van der Waals surface area contributed by atoms with Crippen molar-refractivity contribution >= 4 is 28.3 Å². The number of aromatic nitrogens is 3. The molecular formula is C23H22N4O2S. The Hall–Kier alpha value is -3.03. The van der Waals surface area contributed by atoms with Gasteiger partial charge in [0.05, 0.1) is 22.3 Å². The number of aromatic amines is 1. The predicted octanol–water partition coefficient (Wildman–Crippen LogP) is 4.02. The second-order valence-corrected chi connectivity index (χ2v) is 8.85. The van der Waals surface area contributed by atoms with Crippen LogP contribution in [0.25, 0.3) is 32.9 Å². The van der Waals surface area contributed by atoms with Crippen LogP contribution in [0.3, 0.4) is 0 Å². The minimum absolute atomic E-state index is 0.255. The zero-order chi connectivity index (χ0) is 21.0. The molecule has 3 aromatic heterocycles. The van der Waals surface area contributed by atoms with Crippen molar-refractivity contribution in [2.75, 3.05) is 13.6 Å². The van der Waals surface area contributed by atoms with E-state index >= 15 is 0 Å². The number of benzene rings is 1. The van der Waals surface area contributed by atoms with E-state index in [-0.39, 0.29) is 5.91 Å². The molecule has 0 radical (unpaired) electrons. The molecule has 4 aromatic rings. The van der Waals surface area contributed by atoms with E-state index in [9.17, 15) is 9.90 Å². The molecule has 2 N–H and O–H groups in total. The van der Waals surface area contributed by atoms with Crippen LogP contribution in [0.2, 0.25) is 0 Å². The fourth-order valence-corrected chi connectivity index (χ4v) is 5.08. The number of rotatable bonds is 3. The number of carbonyl (C=O) groups excluding carboxylic acids is 1. The van der Waals surface area contributed by atoms with Gasteiger partial charge in [-0.1, -0.05) is 18.2 Å². The molecule has 5 rings (SSSR count). The maximum Gasteiger partial charge on any atom is 0.258 e. The van der Waals surface area contributed by atoms with E-state index in [1.807, 2.05) is 49.7 Å². The molecule has 0 aliphatic carbocycles. The first-order valence-electron chi connectivity index (χ1n) is 9.86. The lowest BCUT2D eigenvalue weighted by atomic mass is 9.90. The Morgan fingerprint density at radius 1 is 1.27 bits per heavy atom. The van der Waals surface area contributed by atoms with Gasteiger partial charge in [-0.05, 0) is 37.1 Å². The molecule has 0 spiro atoms. The van der Waals surface area contributed by atoms with Gasteiger partial charge in [-0.15, -0.1) is 11.3 Å². The summed E-state index contributed by atoms with van der Waals surface area (Å²) < 4.78 is 0. The Morgan fingerprint density at radius 3 is 2.87 bits per heavy atom. The van der Waals surface area contributed by atoms with E-state index in [4.69, 9.17) is 4.98 Å². The van der Waals surface area contributed by atoms with Crippen molar-refractivity contribution in [1.29, 1.82) is 0 Å². The number of aliphatic hydroxyl groups is 1. The lowest BCUT2D eigenvalue weighted by molar-refractivity contribution is -0.143. The maximum atomic E-state index is 12.5. The Labute approximate surface area is 178 Å². The molecule has 6 nitrogen and oxygen atoms in total. The summed E-state index contributed by atoms with van der Waals surface area (Å²) in [5, 5.41) is 13.9. The van der Waals surface area contributed by atoms with Crippen molar-refractivity contribution < 1.29 is 9.90 Å². The van der Waals surface area contributed by atoms with Gasteiger partial charge in [0.2, 0.25) is 0 Å². The molecule has 1 amide bonds. The average molecular weight is 419 g/mol. The predicted molar refractivity (Wildman–Crippen MR) is 118 cm³/mol. The lowest BCUT2D eigenvalue weighted by Crippen LogP contribution is -2.36. The third-order valence-corrected chi connectivity index (χ3v) is 6.68. The standard InChI is InChI=1S/C23H22N4O2S/c1-13-9-17-20(24-11-13)19(14(2)25-17)21-26-18(12-30-21)15-5-4-6-16(10-15)23(29)7-8-27(3)22(23)28/h4-6,9-12,25,29H,7-8H2,1-3H3/t23-/m1/s1. The summed E-state index contributed by atoms with van der Waals surface area (Å²) in [6, 6.07) is 9.60. The van der Waals surface area contributed by atoms with Crippen LogP contribution in [-0.4, -0.2) is 44.5 Å². The highest BCUT2D eigenvalue weighted by molar-refractivity contribution is 7.13. The molecule has 1 aliphatic rings. The van der Waals surface area contributed by atoms with E-state index < -0.39 is 5.60 Å². The fraction of sp³-hybridized carbons (Fsp3) is 0.261. The number of amides is 1. The van der Waals surface area contributed by atoms with Crippen molar-refractivity contribution in [2.45, 2.75) is 25.9 Å². The van der Waals surface area contributed by atoms with Gasteiger partial charge in [0.25, 0.3) is 5.91 Å². The average Bonchev–Trinajstić information content (AvgIpc) is 3.40. The molecule has 7 heteroatoms. The summed E-state index contributed by atoms with van der Waals surface area (Å²) in [4.78, 5) is 26.9. The molecular weight excluding hydrogens is 396 g/mol. The number of pyridine rings is 1. The van der Waals surface area contributed by atoms with Crippen molar-refractivity contribution in [3.05, 3.63) is 58.7 Å². The number of H-pyrrole nitrogens is 1. The van der Waals surface area contributed by atoms with Crippen LogP contribution in [0.15, 0.2) is 41.9 Å². The first kappa shape index (κ1) is 19.0. The second-order valence-electron chi connectivity index (χ2n) is 7.99. The van der Waals surface area contributed by atoms with Crippen LogP contribution in [-0.2, 0) is 10.4 Å². The quantitative estimate of drug-likeness (QED) is 0.526. The molecule has 1 aliphatic heterocycles. The molecule has 4 heterocycles. The highest BCUT2D eigenvalue weighted by Gasteiger charge is 2.45. The van der Waals surface area contributed by atoms with E-state index in [1.54, 1.807) is 23.3 Å². The number of likely N-dealkylation sites (tertiary alicyclic amines) is 1. The normalized spacial score (nSPS) is 19.2. The molecule has 0 unspecified atom stereocenters. The minimum Gasteiger partial charge on any atom is -0.375 e. The maximum absolute atomic E-state index is 12.5. The van der Waals surface area contributed by atoms with Crippen LogP contribution in [0, 0.1) is 13.8 Å². The summed E-state index contributed by atoms with van der Waals surface area (Å²) in [6.45, 7) is 4.61. The van der Waals surface area contributed by atoms with Crippen molar-refractivity contribution in [3.8, 4) is 21.8 Å². The first-order chi connectivity index (χ1) is 14.4. The number of aryl methyl sites for hydroxylation is 2. The van der Waals surface area contributed by atoms with Gasteiger partial charge in [-0.3, -0.25) is 9.78 Å². The number of nitrogens with one attached hydrogen (secondary N) is 1. The van der Waals surface area contributed by atoms with Crippen LogP contribution in [0.4, 0.5) is 0 Å². The largest absolute Gasteiger partial charge is 0.375 e. The third-order valence-electron chi connectivity index (χ3n) is 5.82. The summed E-state index contributed by atoms with van der Waals surface area (Å²) >= 11 is 1.56. The van der Waals surface area contributed by atoms with E-state index in [1.165, 1.54) is 0 Å². The lowest BCUT2D eigenvalue weighted by Gasteiger charge is -2.21. The van der Waals surface area contributed by atoms with Gasteiger partial charge in [0, 0.05) is 42.8 Å². The number of likely N-dealkylation sites (N-methyl/N-ethyl adjacent to an activating group) is 1. The van der Waals surface area contributed by atoms with Crippen LogP contribution in [0.1, 0.15) is 23.2 Å². The third kappa shape index (κ3) is 2.85. The Kier molecular flexibility index (Phi) is 4.27. The number of carbonyl (C=O) groups is 1. The monoisotopic (exact) mass is 418 g/mol. The van der Waals surface area contributed by atoms with Crippen molar-refractivity contribution in [1.82, 2.24) is 19.9 Å². The van der Waals surface area contributed by atoms with Gasteiger partial charge in [0.15, 0.2) is 5.60 Å². The minimum atomic E-state index is -1.46. The van der Waals surface area contributed by atoms with Gasteiger partial charge in [-0.25, -0.2) is 4.98 Å². The van der Waals surface area contributed by atoms with Crippen LogP contribution in [0.5, 0.6) is 0 Å². The molecule has 1 aromatic carbocycles. The van der Waals surface area contributed by atoms with E-state index in [2.05, 4.69) is 16.0 Å². The van der Waals surface area contributed by atoms with E-state index in [0.29, 0.717) is 18.5 Å². The summed E-state index contributed by atoms with van der Waals surface area (Å²) in [6.07, 6.45) is 2.27. The zero-order valence-electron chi connectivity index (χ0n) is 17.1. The molecule has 1 atom stereocenters. The molecule has 0 saturated carbocycles. The van der Waals surface area contributed by atoms with Gasteiger partial charge in [0.1, 0.15) is 5.01 Å². The molecule has 1 fully saturated rings. The highest BCUT2D eigenvalue weighted by Crippen LogP contribution is 2.37. The Morgan fingerprint density at radius 2 is 2.10 bits per heavy atom. The molecule has 1 saturated heterocycles. The molecule has 152 valence electrons. The van der Waals surface area contributed by atoms with Crippen LogP contribution < -0.4 is 0 Å². The van der Waals surface area contributed by atoms with Crippen LogP contribution >= 0.6 is 11.3 Å². The van der Waals surface area contributed by atoms with Gasteiger partial charge in [-0.2, -0.15) is 0 Å². The van der Waals surface area contributed by atoms with Crippen molar-refractivity contribution in [2.24, 2.45) is 0 Å². The number of hydrogen-bond donors (Lipinski definition) is 2. The fourth-order valence-electron chi connectivity index (χ4n) is 4.15. The number of thiazole rings is 1. The molecule has 0 bridgehead atoms. The van der Waals surface area contributed by atoms with Gasteiger partial charge >= 0.3 is 0 Å². The smallest absolute Gasteiger partial charge is 0.258 e. The second kappa shape index (κ2) is 6.75. The highest BCUT2D eigenvalue weighted by atomic mass is 32.1. The number of nitrogens with zero attached hydrogens (tertiary/aromatic N) is 3. The SMILES string of the molecule is Cc1cnc2c(-c3nc(-c4cccc([C@]5(O)CCN(C)C5=O)c4)cs3)c(C)[nH]c2c1. The Balaban J connectivity index is 1.55. The first-order valence-corrected chi connectivity index (χ1v) is 10.7.